The minimum Gasteiger partial charge on any atom is -0.368 e. The number of nitrogens with zero attached hydrogens (tertiary/aromatic N) is 1. The summed E-state index contributed by atoms with van der Waals surface area (Å²) in [5.41, 5.74) is 1.20. The number of anilines is 1. The van der Waals surface area contributed by atoms with E-state index in [2.05, 4.69) is 57.9 Å². The third-order valence-corrected chi connectivity index (χ3v) is 4.95. The number of rotatable bonds is 3. The lowest BCUT2D eigenvalue weighted by atomic mass is 10.1. The zero-order valence-corrected chi connectivity index (χ0v) is 12.1. The fraction of sp³-hybridized carbons (Fsp3) is 0.583. The van der Waals surface area contributed by atoms with Gasteiger partial charge in [0.15, 0.2) is 0 Å². The summed E-state index contributed by atoms with van der Waals surface area (Å²) in [7, 11) is 0. The first-order chi connectivity index (χ1) is 7.59. The highest BCUT2D eigenvalue weighted by Crippen LogP contribution is 2.37. The molecule has 1 fully saturated rings. The van der Waals surface area contributed by atoms with E-state index in [9.17, 15) is 0 Å². The largest absolute Gasteiger partial charge is 0.368 e. The van der Waals surface area contributed by atoms with Gasteiger partial charge in [0.1, 0.15) is 5.82 Å². The quantitative estimate of drug-likeness (QED) is 0.918. The number of hydrogen-bond donors (Lipinski definition) is 1. The predicted octanol–water partition coefficient (Wildman–Crippen LogP) is 3.85. The minimum absolute atomic E-state index is 0.390. The molecular formula is C12H17BrN2S. The molecule has 0 amide bonds. The first kappa shape index (κ1) is 12.2. The molecule has 88 valence electrons. The Morgan fingerprint density at radius 1 is 1.62 bits per heavy atom. The number of halogens is 1. The van der Waals surface area contributed by atoms with Gasteiger partial charge in [-0.05, 0) is 60.0 Å². The normalized spacial score (nSPS) is 24.7. The molecule has 0 radical (unpaired) electrons. The van der Waals surface area contributed by atoms with Gasteiger partial charge in [-0.2, -0.15) is 11.8 Å². The third kappa shape index (κ3) is 2.92. The summed E-state index contributed by atoms with van der Waals surface area (Å²) in [6.45, 7) is 5.43. The number of aromatic nitrogens is 1. The maximum atomic E-state index is 4.40. The van der Waals surface area contributed by atoms with Crippen molar-refractivity contribution < 1.29 is 0 Å². The summed E-state index contributed by atoms with van der Waals surface area (Å²) in [6, 6.07) is 2.10. The van der Waals surface area contributed by atoms with Gasteiger partial charge in [-0.25, -0.2) is 4.98 Å². The fourth-order valence-electron chi connectivity index (χ4n) is 1.97. The summed E-state index contributed by atoms with van der Waals surface area (Å²) >= 11 is 5.50. The van der Waals surface area contributed by atoms with Gasteiger partial charge in [-0.1, -0.05) is 0 Å². The molecule has 1 atom stereocenters. The maximum absolute atomic E-state index is 4.40. The van der Waals surface area contributed by atoms with Crippen molar-refractivity contribution in [3.63, 3.8) is 0 Å². The Bertz CT molecular complexity index is 375. The van der Waals surface area contributed by atoms with E-state index in [1.807, 2.05) is 6.20 Å². The van der Waals surface area contributed by atoms with Gasteiger partial charge in [0.25, 0.3) is 0 Å². The molecule has 4 heteroatoms. The second-order valence-corrected chi connectivity index (χ2v) is 7.17. The third-order valence-electron chi connectivity index (χ3n) is 2.98. The molecular weight excluding hydrogens is 284 g/mol. The van der Waals surface area contributed by atoms with Gasteiger partial charge in [0.05, 0.1) is 0 Å². The van der Waals surface area contributed by atoms with E-state index >= 15 is 0 Å². The topological polar surface area (TPSA) is 24.9 Å². The van der Waals surface area contributed by atoms with Crippen LogP contribution in [0.5, 0.6) is 0 Å². The van der Waals surface area contributed by atoms with E-state index in [4.69, 9.17) is 0 Å². The van der Waals surface area contributed by atoms with Crippen molar-refractivity contribution in [2.24, 2.45) is 0 Å². The lowest BCUT2D eigenvalue weighted by Crippen LogP contribution is -2.27. The zero-order chi connectivity index (χ0) is 11.6. The molecule has 1 unspecified atom stereocenters. The van der Waals surface area contributed by atoms with Crippen molar-refractivity contribution in [2.45, 2.75) is 31.4 Å². The molecule has 0 aliphatic carbocycles. The van der Waals surface area contributed by atoms with Gasteiger partial charge < -0.3 is 5.32 Å². The Morgan fingerprint density at radius 2 is 2.44 bits per heavy atom. The van der Waals surface area contributed by atoms with Crippen LogP contribution in [0.15, 0.2) is 16.7 Å². The monoisotopic (exact) mass is 300 g/mol. The van der Waals surface area contributed by atoms with E-state index in [1.165, 1.54) is 24.2 Å². The molecule has 2 rings (SSSR count). The van der Waals surface area contributed by atoms with Crippen LogP contribution in [0.25, 0.3) is 0 Å². The van der Waals surface area contributed by atoms with Gasteiger partial charge in [0.2, 0.25) is 0 Å². The van der Waals surface area contributed by atoms with Gasteiger partial charge in [-0.3, -0.25) is 0 Å². The first-order valence-electron chi connectivity index (χ1n) is 5.59. The lowest BCUT2D eigenvalue weighted by Gasteiger charge is -2.23. The maximum Gasteiger partial charge on any atom is 0.128 e. The number of hydrogen-bond acceptors (Lipinski definition) is 3. The standard InChI is InChI=1S/C12H17BrN2S/c1-9-6-10(13)7-14-11(9)15-8-12(2)4-3-5-16-12/h6-7H,3-5,8H2,1-2H3,(H,14,15). The van der Waals surface area contributed by atoms with Crippen LogP contribution in [-0.2, 0) is 0 Å². The summed E-state index contributed by atoms with van der Waals surface area (Å²) in [6.07, 6.45) is 4.50. The van der Waals surface area contributed by atoms with Crippen molar-refractivity contribution in [3.8, 4) is 0 Å². The Morgan fingerprint density at radius 3 is 3.06 bits per heavy atom. The Balaban J connectivity index is 1.99. The summed E-state index contributed by atoms with van der Waals surface area (Å²) in [4.78, 5) is 4.40. The van der Waals surface area contributed by atoms with Crippen molar-refractivity contribution in [2.75, 3.05) is 17.6 Å². The fourth-order valence-corrected chi connectivity index (χ4v) is 3.66. The molecule has 2 heterocycles. The van der Waals surface area contributed by atoms with Crippen LogP contribution in [0.1, 0.15) is 25.3 Å². The van der Waals surface area contributed by atoms with E-state index in [-0.39, 0.29) is 0 Å². The molecule has 1 aromatic rings. The number of nitrogens with one attached hydrogen (secondary N) is 1. The number of pyridine rings is 1. The van der Waals surface area contributed by atoms with Crippen LogP contribution < -0.4 is 5.32 Å². The van der Waals surface area contributed by atoms with E-state index < -0.39 is 0 Å². The highest BCUT2D eigenvalue weighted by atomic mass is 79.9. The Kier molecular flexibility index (Phi) is 3.80. The molecule has 0 saturated carbocycles. The van der Waals surface area contributed by atoms with E-state index in [0.29, 0.717) is 4.75 Å². The van der Waals surface area contributed by atoms with E-state index in [0.717, 1.165) is 16.8 Å². The molecule has 0 bridgehead atoms. The van der Waals surface area contributed by atoms with Crippen LogP contribution in [0.4, 0.5) is 5.82 Å². The second kappa shape index (κ2) is 4.96. The summed E-state index contributed by atoms with van der Waals surface area (Å²) in [5.74, 6) is 2.31. The first-order valence-corrected chi connectivity index (χ1v) is 7.37. The van der Waals surface area contributed by atoms with Crippen molar-refractivity contribution >= 4 is 33.5 Å². The second-order valence-electron chi connectivity index (χ2n) is 4.57. The van der Waals surface area contributed by atoms with E-state index in [1.54, 1.807) is 0 Å². The number of aryl methyl sites for hydroxylation is 1. The molecule has 1 aromatic heterocycles. The molecule has 2 nitrogen and oxygen atoms in total. The smallest absolute Gasteiger partial charge is 0.128 e. The van der Waals surface area contributed by atoms with Crippen molar-refractivity contribution in [3.05, 3.63) is 22.3 Å². The lowest BCUT2D eigenvalue weighted by molar-refractivity contribution is 0.633. The van der Waals surface area contributed by atoms with Gasteiger partial charge in [0, 0.05) is 22.0 Å². The highest BCUT2D eigenvalue weighted by Gasteiger charge is 2.29. The molecule has 1 N–H and O–H groups in total. The Labute approximate surface area is 110 Å². The van der Waals surface area contributed by atoms with Gasteiger partial charge >= 0.3 is 0 Å². The van der Waals surface area contributed by atoms with Crippen LogP contribution in [-0.4, -0.2) is 22.0 Å². The van der Waals surface area contributed by atoms with Crippen molar-refractivity contribution in [1.29, 1.82) is 0 Å². The molecule has 0 spiro atoms. The van der Waals surface area contributed by atoms with Crippen LogP contribution >= 0.6 is 27.7 Å². The van der Waals surface area contributed by atoms with Gasteiger partial charge in [-0.15, -0.1) is 0 Å². The zero-order valence-electron chi connectivity index (χ0n) is 9.72. The Hall–Kier alpha value is -0.220. The molecule has 0 aromatic carbocycles. The van der Waals surface area contributed by atoms with Crippen LogP contribution in [0.3, 0.4) is 0 Å². The molecule has 1 aliphatic rings. The molecule has 16 heavy (non-hydrogen) atoms. The minimum atomic E-state index is 0.390. The summed E-state index contributed by atoms with van der Waals surface area (Å²) in [5, 5.41) is 3.47. The average molecular weight is 301 g/mol. The SMILES string of the molecule is Cc1cc(Br)cnc1NCC1(C)CCCS1. The molecule has 1 saturated heterocycles. The van der Waals surface area contributed by atoms with Crippen LogP contribution in [0.2, 0.25) is 0 Å². The molecule has 1 aliphatic heterocycles. The summed E-state index contributed by atoms with van der Waals surface area (Å²) < 4.78 is 1.43. The highest BCUT2D eigenvalue weighted by molar-refractivity contribution is 9.10. The van der Waals surface area contributed by atoms with Crippen LogP contribution in [0, 0.1) is 6.92 Å². The number of thioether (sulfide) groups is 1. The van der Waals surface area contributed by atoms with Crippen molar-refractivity contribution in [1.82, 2.24) is 4.98 Å². The predicted molar refractivity (Wildman–Crippen MR) is 75.3 cm³/mol. The average Bonchev–Trinajstić information content (AvgIpc) is 2.64.